The van der Waals surface area contributed by atoms with Gasteiger partial charge in [0.2, 0.25) is 0 Å². The van der Waals surface area contributed by atoms with Crippen molar-refractivity contribution in [3.8, 4) is 11.4 Å². The first kappa shape index (κ1) is 22.5. The molecule has 8 heteroatoms. The molecule has 0 aliphatic heterocycles. The van der Waals surface area contributed by atoms with Gasteiger partial charge in [-0.05, 0) is 31.0 Å². The van der Waals surface area contributed by atoms with E-state index < -0.39 is 0 Å². The van der Waals surface area contributed by atoms with E-state index in [1.807, 2.05) is 30.3 Å². The van der Waals surface area contributed by atoms with E-state index in [1.165, 1.54) is 26.4 Å². The van der Waals surface area contributed by atoms with Crippen molar-refractivity contribution in [3.63, 3.8) is 0 Å². The Bertz CT molecular complexity index is 1180. The summed E-state index contributed by atoms with van der Waals surface area (Å²) in [6.07, 6.45) is 5.95. The van der Waals surface area contributed by atoms with Crippen LogP contribution in [0, 0.1) is 5.41 Å². The molecule has 2 aromatic carbocycles. The molecule has 1 aliphatic rings. The number of carbonyl (C=O) groups is 2. The van der Waals surface area contributed by atoms with Gasteiger partial charge in [0, 0.05) is 29.3 Å². The summed E-state index contributed by atoms with van der Waals surface area (Å²) >= 11 is 0. The Kier molecular flexibility index (Phi) is 6.72. The molecule has 0 spiro atoms. The van der Waals surface area contributed by atoms with Crippen molar-refractivity contribution in [2.45, 2.75) is 44.6 Å². The van der Waals surface area contributed by atoms with Crippen LogP contribution in [-0.4, -0.2) is 40.9 Å². The summed E-state index contributed by atoms with van der Waals surface area (Å²) in [5.74, 6) is 0.276. The molecular weight excluding hydrogens is 418 g/mol. The van der Waals surface area contributed by atoms with Crippen molar-refractivity contribution in [1.82, 2.24) is 14.9 Å². The van der Waals surface area contributed by atoms with Gasteiger partial charge < -0.3 is 20.4 Å². The predicted octanol–water partition coefficient (Wildman–Crippen LogP) is 3.79. The highest BCUT2D eigenvalue weighted by Crippen LogP contribution is 2.36. The minimum atomic E-state index is -0.364. The van der Waals surface area contributed by atoms with Crippen LogP contribution in [0.5, 0.6) is 0 Å². The number of fused-ring (bicyclic) bond motifs is 1. The average molecular weight is 448 g/mol. The number of amidine groups is 1. The molecule has 1 aliphatic carbocycles. The summed E-state index contributed by atoms with van der Waals surface area (Å²) in [5, 5.41) is 10.4. The maximum Gasteiger partial charge on any atom is 0.307 e. The molecule has 0 radical (unpaired) electrons. The predicted molar refractivity (Wildman–Crippen MR) is 127 cm³/mol. The zero-order valence-electron chi connectivity index (χ0n) is 18.8. The van der Waals surface area contributed by atoms with Gasteiger partial charge in [-0.15, -0.1) is 0 Å². The zero-order chi connectivity index (χ0) is 23.4. The van der Waals surface area contributed by atoms with E-state index in [0.29, 0.717) is 17.2 Å². The lowest BCUT2D eigenvalue weighted by atomic mass is 9.94. The minimum Gasteiger partial charge on any atom is -0.469 e. The molecule has 0 atom stereocenters. The lowest BCUT2D eigenvalue weighted by Crippen LogP contribution is -2.26. The summed E-state index contributed by atoms with van der Waals surface area (Å²) in [6, 6.07) is 13.5. The molecule has 1 amide bonds. The lowest BCUT2D eigenvalue weighted by molar-refractivity contribution is -0.140. The van der Waals surface area contributed by atoms with Crippen molar-refractivity contribution in [3.05, 3.63) is 53.6 Å². The third-order valence-electron chi connectivity index (χ3n) is 6.19. The van der Waals surface area contributed by atoms with Crippen molar-refractivity contribution >= 4 is 28.7 Å². The number of benzene rings is 2. The number of rotatable bonds is 7. The van der Waals surface area contributed by atoms with Gasteiger partial charge in [-0.2, -0.15) is 0 Å². The second-order valence-corrected chi connectivity index (χ2v) is 8.37. The number of nitrogens with zero attached hydrogens (tertiary/aromatic N) is 2. The Balaban J connectivity index is 1.69. The molecule has 33 heavy (non-hydrogen) atoms. The van der Waals surface area contributed by atoms with Crippen LogP contribution < -0.4 is 11.1 Å². The Labute approximate surface area is 192 Å². The van der Waals surface area contributed by atoms with Crippen molar-refractivity contribution < 1.29 is 14.3 Å². The van der Waals surface area contributed by atoms with Crippen LogP contribution >= 0.6 is 0 Å². The summed E-state index contributed by atoms with van der Waals surface area (Å²) in [6.45, 7) is 0.216. The number of ether oxygens (including phenoxy) is 1. The molecule has 1 saturated carbocycles. The standard InChI is InChI=1S/C25H29N5O3/c1-33-22(31)13-14-28-25(32)18-11-12-21-20(15-18)29-24(30(21)19-5-3-2-4-6-19)17-9-7-16(8-10-17)23(26)27/h7-12,15,19H,2-6,13-14H2,1H3,(H3,26,27)(H,28,32). The van der Waals surface area contributed by atoms with Crippen molar-refractivity contribution in [2.24, 2.45) is 5.73 Å². The van der Waals surface area contributed by atoms with Gasteiger partial charge in [-0.3, -0.25) is 15.0 Å². The minimum absolute atomic E-state index is 0.0326. The smallest absolute Gasteiger partial charge is 0.307 e. The Morgan fingerprint density at radius 3 is 2.48 bits per heavy atom. The number of nitrogens with one attached hydrogen (secondary N) is 2. The maximum absolute atomic E-state index is 12.6. The van der Waals surface area contributed by atoms with E-state index in [9.17, 15) is 9.59 Å². The number of aromatic nitrogens is 2. The molecule has 1 fully saturated rings. The number of imidazole rings is 1. The van der Waals surface area contributed by atoms with Crippen LogP contribution in [0.4, 0.5) is 0 Å². The number of nitrogens with two attached hydrogens (primary N) is 1. The number of hydrogen-bond acceptors (Lipinski definition) is 5. The molecule has 8 nitrogen and oxygen atoms in total. The number of amides is 1. The molecular formula is C25H29N5O3. The van der Waals surface area contributed by atoms with E-state index in [0.717, 1.165) is 35.3 Å². The van der Waals surface area contributed by atoms with Crippen molar-refractivity contribution in [1.29, 1.82) is 5.41 Å². The first-order valence-corrected chi connectivity index (χ1v) is 11.3. The first-order chi connectivity index (χ1) is 16.0. The molecule has 1 heterocycles. The van der Waals surface area contributed by atoms with Gasteiger partial charge in [0.1, 0.15) is 11.7 Å². The highest BCUT2D eigenvalue weighted by atomic mass is 16.5. The zero-order valence-corrected chi connectivity index (χ0v) is 18.8. The summed E-state index contributed by atoms with van der Waals surface area (Å²) in [5.41, 5.74) is 9.49. The number of carbonyl (C=O) groups excluding carboxylic acids is 2. The second kappa shape index (κ2) is 9.85. The monoisotopic (exact) mass is 447 g/mol. The van der Waals surface area contributed by atoms with E-state index >= 15 is 0 Å². The Morgan fingerprint density at radius 2 is 1.82 bits per heavy atom. The van der Waals surface area contributed by atoms with Gasteiger partial charge in [0.15, 0.2) is 0 Å². The topological polar surface area (TPSA) is 123 Å². The summed E-state index contributed by atoms with van der Waals surface area (Å²) in [4.78, 5) is 28.8. The van der Waals surface area contributed by atoms with Gasteiger partial charge in [0.25, 0.3) is 5.91 Å². The molecule has 4 N–H and O–H groups in total. The number of nitrogen functional groups attached to an aromatic ring is 1. The van der Waals surface area contributed by atoms with Crippen LogP contribution in [0.15, 0.2) is 42.5 Å². The van der Waals surface area contributed by atoms with E-state index in [1.54, 1.807) is 12.1 Å². The first-order valence-electron chi connectivity index (χ1n) is 11.3. The Hall–Kier alpha value is -3.68. The highest BCUT2D eigenvalue weighted by Gasteiger charge is 2.23. The molecule has 172 valence electrons. The van der Waals surface area contributed by atoms with Crippen LogP contribution in [-0.2, 0) is 9.53 Å². The molecule has 1 aromatic heterocycles. The van der Waals surface area contributed by atoms with E-state index in [2.05, 4.69) is 14.6 Å². The maximum atomic E-state index is 12.6. The van der Waals surface area contributed by atoms with Crippen LogP contribution in [0.1, 0.15) is 60.5 Å². The quantitative estimate of drug-likeness (QED) is 0.289. The normalized spacial score (nSPS) is 14.2. The third-order valence-corrected chi connectivity index (χ3v) is 6.19. The molecule has 3 aromatic rings. The largest absolute Gasteiger partial charge is 0.469 e. The van der Waals surface area contributed by atoms with Gasteiger partial charge in [0.05, 0.1) is 24.6 Å². The van der Waals surface area contributed by atoms with Gasteiger partial charge in [-0.25, -0.2) is 4.98 Å². The SMILES string of the molecule is COC(=O)CCNC(=O)c1ccc2c(c1)nc(-c1ccc(C(=N)N)cc1)n2C1CCCCC1. The second-order valence-electron chi connectivity index (χ2n) is 8.37. The molecule has 0 unspecified atom stereocenters. The number of esters is 1. The van der Waals surface area contributed by atoms with Gasteiger partial charge >= 0.3 is 5.97 Å². The van der Waals surface area contributed by atoms with Crippen LogP contribution in [0.2, 0.25) is 0 Å². The van der Waals surface area contributed by atoms with Crippen molar-refractivity contribution in [2.75, 3.05) is 13.7 Å². The number of methoxy groups -OCH3 is 1. The third kappa shape index (κ3) is 4.89. The fraction of sp³-hybridized carbons (Fsp3) is 0.360. The summed E-state index contributed by atoms with van der Waals surface area (Å²) < 4.78 is 6.91. The van der Waals surface area contributed by atoms with E-state index in [-0.39, 0.29) is 30.7 Å². The Morgan fingerprint density at radius 1 is 1.12 bits per heavy atom. The fourth-order valence-corrected chi connectivity index (χ4v) is 4.43. The molecule has 0 saturated heterocycles. The molecule has 4 rings (SSSR count). The van der Waals surface area contributed by atoms with E-state index in [4.69, 9.17) is 16.1 Å². The summed E-state index contributed by atoms with van der Waals surface area (Å²) in [7, 11) is 1.33. The lowest BCUT2D eigenvalue weighted by Gasteiger charge is -2.25. The van der Waals surface area contributed by atoms with Gasteiger partial charge in [-0.1, -0.05) is 43.5 Å². The van der Waals surface area contributed by atoms with Crippen LogP contribution in [0.25, 0.3) is 22.4 Å². The fourth-order valence-electron chi connectivity index (χ4n) is 4.43. The average Bonchev–Trinajstić information content (AvgIpc) is 3.23. The van der Waals surface area contributed by atoms with Crippen LogP contribution in [0.3, 0.4) is 0 Å². The number of hydrogen-bond donors (Lipinski definition) is 3. The highest BCUT2D eigenvalue weighted by molar-refractivity contribution is 5.98. The molecule has 0 bridgehead atoms.